The van der Waals surface area contributed by atoms with Crippen LogP contribution in [-0.2, 0) is 58.4 Å². The van der Waals surface area contributed by atoms with Crippen molar-refractivity contribution >= 4 is 0 Å². The van der Waals surface area contributed by atoms with E-state index in [1.807, 2.05) is 114 Å². The summed E-state index contributed by atoms with van der Waals surface area (Å²) in [5.41, 5.74) is 11.8. The Labute approximate surface area is 349 Å². The summed E-state index contributed by atoms with van der Waals surface area (Å²) >= 11 is 0. The molecular formula is C49H56O4Y-2. The molecule has 0 spiro atoms. The molecule has 1 aliphatic rings. The van der Waals surface area contributed by atoms with E-state index in [0.717, 1.165) is 55.6 Å². The first kappa shape index (κ1) is 45.8. The Balaban J connectivity index is 0.00000140. The molecule has 7 rings (SSSR count). The molecule has 1 radical (unpaired) electrons. The second-order valence-electron chi connectivity index (χ2n) is 12.7. The van der Waals surface area contributed by atoms with Crippen molar-refractivity contribution in [2.75, 3.05) is 0 Å². The summed E-state index contributed by atoms with van der Waals surface area (Å²) in [6, 6.07) is 36.2. The normalized spacial score (nSPS) is 11.1. The number of hydrogen-bond donors (Lipinski definition) is 2. The summed E-state index contributed by atoms with van der Waals surface area (Å²) in [5.74, 6) is 0.899. The van der Waals surface area contributed by atoms with Crippen LogP contribution in [0.5, 0.6) is 23.0 Å². The molecule has 0 unspecified atom stereocenters. The van der Waals surface area contributed by atoms with Crippen molar-refractivity contribution in [2.45, 2.75) is 82.1 Å². The van der Waals surface area contributed by atoms with Crippen LogP contribution in [0.4, 0.5) is 0 Å². The van der Waals surface area contributed by atoms with Crippen molar-refractivity contribution in [1.29, 1.82) is 0 Å². The van der Waals surface area contributed by atoms with Gasteiger partial charge in [-0.25, -0.2) is 0 Å². The molecule has 8 bridgehead atoms. The molecule has 6 aromatic rings. The summed E-state index contributed by atoms with van der Waals surface area (Å²) in [7, 11) is 3.85. The molecule has 5 heteroatoms. The molecule has 54 heavy (non-hydrogen) atoms. The molecule has 0 amide bonds. The van der Waals surface area contributed by atoms with Gasteiger partial charge in [-0.2, -0.15) is 7.11 Å². The van der Waals surface area contributed by atoms with E-state index < -0.39 is 0 Å². The number of phenols is 2. The third kappa shape index (κ3) is 10.0. The minimum Gasteiger partial charge on any atom is -0.872 e. The van der Waals surface area contributed by atoms with Gasteiger partial charge in [0.1, 0.15) is 11.5 Å². The van der Waals surface area contributed by atoms with Crippen LogP contribution in [0.15, 0.2) is 109 Å². The largest absolute Gasteiger partial charge is 0.872 e. The van der Waals surface area contributed by atoms with Crippen LogP contribution in [0.25, 0.3) is 22.3 Å². The Hall–Kier alpha value is -4.38. The van der Waals surface area contributed by atoms with Gasteiger partial charge in [-0.05, 0) is 93.7 Å². The maximum Gasteiger partial charge on any atom is 0.122 e. The molecular weight excluding hydrogens is 741 g/mol. The molecule has 4 nitrogen and oxygen atoms in total. The van der Waals surface area contributed by atoms with Crippen LogP contribution in [-0.4, -0.2) is 10.2 Å². The smallest absolute Gasteiger partial charge is 0.122 e. The van der Waals surface area contributed by atoms with Crippen LogP contribution in [0.2, 0.25) is 0 Å². The molecule has 0 aliphatic heterocycles. The number of phenolic OH excluding ortho intramolecular Hbond substituents is 2. The fraction of sp³-hybridized carbons (Fsp3) is 0.245. The second-order valence-corrected chi connectivity index (χ2v) is 12.7. The van der Waals surface area contributed by atoms with E-state index in [1.165, 1.54) is 0 Å². The molecule has 1 aliphatic carbocycles. The van der Waals surface area contributed by atoms with Gasteiger partial charge in [-0.1, -0.05) is 150 Å². The van der Waals surface area contributed by atoms with E-state index in [2.05, 4.69) is 43.5 Å². The summed E-state index contributed by atoms with van der Waals surface area (Å²) in [4.78, 5) is 0. The molecule has 0 saturated carbocycles. The molecule has 281 valence electrons. The first-order valence-corrected chi connectivity index (χ1v) is 17.9. The molecule has 0 atom stereocenters. The van der Waals surface area contributed by atoms with Crippen LogP contribution >= 0.6 is 0 Å². The maximum absolute atomic E-state index is 14.0. The monoisotopic (exact) mass is 797 g/mol. The molecule has 0 fully saturated rings. The summed E-state index contributed by atoms with van der Waals surface area (Å²) in [6.07, 6.45) is 1.32. The van der Waals surface area contributed by atoms with Crippen molar-refractivity contribution in [3.8, 4) is 45.3 Å². The minimum absolute atomic E-state index is 0. The van der Waals surface area contributed by atoms with Gasteiger partial charge >= 0.3 is 0 Å². The fourth-order valence-electron chi connectivity index (χ4n) is 7.04. The molecule has 0 heterocycles. The van der Waals surface area contributed by atoms with Gasteiger partial charge < -0.3 is 20.1 Å². The van der Waals surface area contributed by atoms with Crippen molar-refractivity contribution in [3.63, 3.8) is 0 Å². The first-order chi connectivity index (χ1) is 24.8. The van der Waals surface area contributed by atoms with E-state index in [9.17, 15) is 15.3 Å². The topological polar surface area (TPSA) is 72.8 Å². The predicted molar refractivity (Wildman–Crippen MR) is 222 cm³/mol. The van der Waals surface area contributed by atoms with Crippen LogP contribution in [0, 0.1) is 21.0 Å². The van der Waals surface area contributed by atoms with E-state index in [-0.39, 0.29) is 71.2 Å². The number of rotatable bonds is 3. The summed E-state index contributed by atoms with van der Waals surface area (Å²) < 4.78 is 5.89. The zero-order valence-electron chi connectivity index (χ0n) is 31.2. The summed E-state index contributed by atoms with van der Waals surface area (Å²) in [6.45, 7) is 12.0. The van der Waals surface area contributed by atoms with Crippen molar-refractivity contribution in [3.05, 3.63) is 172 Å². The average molecular weight is 798 g/mol. The Bertz CT molecular complexity index is 2120. The quantitative estimate of drug-likeness (QED) is 0.175. The number of ether oxygens (including phenoxy) is 1. The van der Waals surface area contributed by atoms with Crippen LogP contribution in [0.1, 0.15) is 98.2 Å². The number of aromatic hydroxyl groups is 2. The Morgan fingerprint density at radius 1 is 0.481 bits per heavy atom. The second kappa shape index (κ2) is 20.9. The third-order valence-corrected chi connectivity index (χ3v) is 9.19. The third-order valence-electron chi connectivity index (χ3n) is 9.19. The zero-order chi connectivity index (χ0) is 36.7. The maximum atomic E-state index is 14.0. The van der Waals surface area contributed by atoms with Crippen molar-refractivity contribution in [1.82, 2.24) is 0 Å². The molecule has 6 aromatic carbocycles. The molecule has 0 saturated heterocycles. The van der Waals surface area contributed by atoms with Gasteiger partial charge in [-0.3, -0.25) is 0 Å². The van der Waals surface area contributed by atoms with Gasteiger partial charge in [0.2, 0.25) is 0 Å². The minimum atomic E-state index is -0.0679. The van der Waals surface area contributed by atoms with Crippen molar-refractivity contribution < 1.29 is 52.8 Å². The molecule has 2 N–H and O–H groups in total. The Morgan fingerprint density at radius 3 is 1.13 bits per heavy atom. The number of aryl methyl sites for hydroxylation is 2. The SMILES string of the molecule is C.C.CC.CC.[CH2-]Oc1c2cc(-c3ccccc3)cc1Cc1cc(-c3ccccc3)cc(c1O)Cc1cc(C)cc(c1[O-])Cc1cc(C)cc(c1O)C2.[Y]. The van der Waals surface area contributed by atoms with Gasteiger partial charge in [0.05, 0.1) is 5.75 Å². The predicted octanol–water partition coefficient (Wildman–Crippen LogP) is 12.3. The number of benzene rings is 6. The van der Waals surface area contributed by atoms with Gasteiger partial charge in [-0.15, -0.1) is 5.75 Å². The van der Waals surface area contributed by atoms with E-state index >= 15 is 0 Å². The first-order valence-electron chi connectivity index (χ1n) is 17.9. The van der Waals surface area contributed by atoms with Gasteiger partial charge in [0.25, 0.3) is 0 Å². The van der Waals surface area contributed by atoms with Crippen molar-refractivity contribution in [2.24, 2.45) is 0 Å². The average Bonchev–Trinajstić information content (AvgIpc) is 3.15. The van der Waals surface area contributed by atoms with Gasteiger partial charge in [0, 0.05) is 58.4 Å². The fourth-order valence-corrected chi connectivity index (χ4v) is 7.04. The van der Waals surface area contributed by atoms with E-state index in [0.29, 0.717) is 47.3 Å². The van der Waals surface area contributed by atoms with Crippen LogP contribution < -0.4 is 9.84 Å². The molecule has 0 aromatic heterocycles. The van der Waals surface area contributed by atoms with Crippen LogP contribution in [0.3, 0.4) is 0 Å². The number of hydrogen-bond acceptors (Lipinski definition) is 4. The standard InChI is InChI=1S/C43H37O4.2C2H6.2CH4.Y/c1-26-14-32-22-33-15-27(2)17-35(41(33)45)24-38-20-31(29-12-8-5-9-13-29)21-39(43(38)47-3)25-37-19-30(28-10-6-4-7-11-28)18-36(42(37)46)23-34(16-26)40(32)44;2*1-2;;;/h4-21,44-46H,3,22-25H2,1-2H3;2*1-2H3;2*1H4;/q-1;;;;;/p-1. The van der Waals surface area contributed by atoms with E-state index in [1.54, 1.807) is 0 Å². The zero-order valence-corrected chi connectivity index (χ0v) is 34.1. The van der Waals surface area contributed by atoms with E-state index in [4.69, 9.17) is 4.74 Å². The Kier molecular flexibility index (Phi) is 17.7. The van der Waals surface area contributed by atoms with Gasteiger partial charge in [0.15, 0.2) is 0 Å². The Morgan fingerprint density at radius 2 is 0.778 bits per heavy atom. The number of fused-ring (bicyclic) bond motifs is 8. The summed E-state index contributed by atoms with van der Waals surface area (Å²) in [5, 5.41) is 37.5.